The second kappa shape index (κ2) is 7.41. The number of aromatic nitrogens is 1. The van der Waals surface area contributed by atoms with E-state index in [9.17, 15) is 13.2 Å². The maximum atomic E-state index is 12.5. The molecule has 0 unspecified atom stereocenters. The minimum absolute atomic E-state index is 0.165. The summed E-state index contributed by atoms with van der Waals surface area (Å²) in [6.07, 6.45) is 0. The van der Waals surface area contributed by atoms with E-state index in [1.165, 1.54) is 13.1 Å². The SMILES string of the molecule is CNS(=O)(=O)c1cccc(CNC(=O)c2cc(C)n(C(C)C)c2C)c1. The number of hydrogen-bond acceptors (Lipinski definition) is 3. The van der Waals surface area contributed by atoms with Crippen molar-refractivity contribution >= 4 is 15.9 Å². The van der Waals surface area contributed by atoms with Crippen LogP contribution in [0.3, 0.4) is 0 Å². The highest BCUT2D eigenvalue weighted by atomic mass is 32.2. The van der Waals surface area contributed by atoms with Gasteiger partial charge in [-0.1, -0.05) is 12.1 Å². The second-order valence-electron chi connectivity index (χ2n) is 6.29. The Kier molecular flexibility index (Phi) is 5.69. The summed E-state index contributed by atoms with van der Waals surface area (Å²) in [5.41, 5.74) is 3.34. The Morgan fingerprint density at radius 2 is 1.88 bits per heavy atom. The molecule has 136 valence electrons. The fourth-order valence-electron chi connectivity index (χ4n) is 3.02. The molecule has 25 heavy (non-hydrogen) atoms. The van der Waals surface area contributed by atoms with Gasteiger partial charge < -0.3 is 9.88 Å². The first-order valence-electron chi connectivity index (χ1n) is 8.16. The van der Waals surface area contributed by atoms with E-state index < -0.39 is 10.0 Å². The molecule has 0 bridgehead atoms. The summed E-state index contributed by atoms with van der Waals surface area (Å²) in [4.78, 5) is 12.7. The standard InChI is InChI=1S/C18H25N3O3S/c1-12(2)21-13(3)9-17(14(21)4)18(22)20-11-15-7-6-8-16(10-15)25(23,24)19-5/h6-10,12,19H,11H2,1-5H3,(H,20,22). The quantitative estimate of drug-likeness (QED) is 0.828. The van der Waals surface area contributed by atoms with Crippen molar-refractivity contribution in [3.8, 4) is 0 Å². The highest BCUT2D eigenvalue weighted by Crippen LogP contribution is 2.20. The van der Waals surface area contributed by atoms with Gasteiger partial charge in [0.1, 0.15) is 0 Å². The monoisotopic (exact) mass is 363 g/mol. The first-order chi connectivity index (χ1) is 11.7. The summed E-state index contributed by atoms with van der Waals surface area (Å²) in [7, 11) is -2.13. The highest BCUT2D eigenvalue weighted by molar-refractivity contribution is 7.89. The van der Waals surface area contributed by atoms with Crippen molar-refractivity contribution in [2.75, 3.05) is 7.05 Å². The molecule has 0 radical (unpaired) electrons. The Labute approximate surface area is 149 Å². The van der Waals surface area contributed by atoms with E-state index >= 15 is 0 Å². The summed E-state index contributed by atoms with van der Waals surface area (Å²) < 4.78 is 28.1. The van der Waals surface area contributed by atoms with Gasteiger partial charge in [0.2, 0.25) is 10.0 Å². The van der Waals surface area contributed by atoms with Gasteiger partial charge in [-0.25, -0.2) is 13.1 Å². The normalized spacial score (nSPS) is 11.8. The molecule has 0 aliphatic rings. The molecule has 1 amide bonds. The lowest BCUT2D eigenvalue weighted by Gasteiger charge is -2.13. The van der Waals surface area contributed by atoms with E-state index in [1.54, 1.807) is 18.2 Å². The summed E-state index contributed by atoms with van der Waals surface area (Å²) in [6.45, 7) is 8.33. The summed E-state index contributed by atoms with van der Waals surface area (Å²) in [6, 6.07) is 8.69. The molecule has 7 heteroatoms. The molecule has 6 nitrogen and oxygen atoms in total. The molecule has 1 aromatic heterocycles. The van der Waals surface area contributed by atoms with E-state index in [0.29, 0.717) is 5.56 Å². The van der Waals surface area contributed by atoms with Gasteiger partial charge in [0.25, 0.3) is 5.91 Å². The number of aryl methyl sites for hydroxylation is 1. The number of nitrogens with one attached hydrogen (secondary N) is 2. The molecule has 0 fully saturated rings. The van der Waals surface area contributed by atoms with E-state index in [1.807, 2.05) is 19.9 Å². The highest BCUT2D eigenvalue weighted by Gasteiger charge is 2.17. The molecule has 2 N–H and O–H groups in total. The number of nitrogens with zero attached hydrogens (tertiary/aromatic N) is 1. The predicted octanol–water partition coefficient (Wildman–Crippen LogP) is 2.52. The van der Waals surface area contributed by atoms with E-state index in [2.05, 4.69) is 28.5 Å². The fraction of sp³-hybridized carbons (Fsp3) is 0.389. The van der Waals surface area contributed by atoms with Gasteiger partial charge in [-0.15, -0.1) is 0 Å². The van der Waals surface area contributed by atoms with Crippen molar-refractivity contribution in [1.82, 2.24) is 14.6 Å². The summed E-state index contributed by atoms with van der Waals surface area (Å²) >= 11 is 0. The topological polar surface area (TPSA) is 80.2 Å². The van der Waals surface area contributed by atoms with Crippen LogP contribution in [0.15, 0.2) is 35.2 Å². The molecule has 0 saturated carbocycles. The van der Waals surface area contributed by atoms with Crippen LogP contribution in [0.4, 0.5) is 0 Å². The molecule has 1 heterocycles. The van der Waals surface area contributed by atoms with Crippen molar-refractivity contribution in [3.05, 3.63) is 52.8 Å². The number of sulfonamides is 1. The lowest BCUT2D eigenvalue weighted by atomic mass is 10.2. The second-order valence-corrected chi connectivity index (χ2v) is 8.17. The Morgan fingerprint density at radius 1 is 1.20 bits per heavy atom. The Balaban J connectivity index is 2.16. The third-order valence-corrected chi connectivity index (χ3v) is 5.59. The van der Waals surface area contributed by atoms with Gasteiger partial charge in [-0.05, 0) is 58.5 Å². The van der Waals surface area contributed by atoms with Crippen LogP contribution in [-0.2, 0) is 16.6 Å². The van der Waals surface area contributed by atoms with Crippen LogP contribution < -0.4 is 10.0 Å². The molecular weight excluding hydrogens is 338 g/mol. The molecule has 0 atom stereocenters. The average Bonchev–Trinajstić information content (AvgIpc) is 2.87. The van der Waals surface area contributed by atoms with Gasteiger partial charge in [0.15, 0.2) is 0 Å². The minimum Gasteiger partial charge on any atom is -0.348 e. The third-order valence-electron chi connectivity index (χ3n) is 4.18. The first-order valence-corrected chi connectivity index (χ1v) is 9.64. The fourth-order valence-corrected chi connectivity index (χ4v) is 3.82. The predicted molar refractivity (Wildman–Crippen MR) is 98.1 cm³/mol. The Hall–Kier alpha value is -2.12. The zero-order valence-electron chi connectivity index (χ0n) is 15.3. The number of benzene rings is 1. The molecule has 0 aliphatic heterocycles. The molecule has 0 aliphatic carbocycles. The maximum absolute atomic E-state index is 12.5. The molecule has 2 rings (SSSR count). The molecule has 2 aromatic rings. The van der Waals surface area contributed by atoms with Crippen LogP contribution in [0, 0.1) is 13.8 Å². The van der Waals surface area contributed by atoms with Gasteiger partial charge in [-0.3, -0.25) is 4.79 Å². The van der Waals surface area contributed by atoms with Crippen LogP contribution >= 0.6 is 0 Å². The zero-order valence-corrected chi connectivity index (χ0v) is 16.1. The number of hydrogen-bond donors (Lipinski definition) is 2. The number of amides is 1. The molecule has 1 aromatic carbocycles. The Morgan fingerprint density at radius 3 is 2.44 bits per heavy atom. The van der Waals surface area contributed by atoms with Crippen molar-refractivity contribution < 1.29 is 13.2 Å². The lowest BCUT2D eigenvalue weighted by molar-refractivity contribution is 0.0950. The van der Waals surface area contributed by atoms with Crippen molar-refractivity contribution in [2.45, 2.75) is 45.2 Å². The molecular formula is C18H25N3O3S. The first kappa shape index (κ1) is 19.2. The summed E-state index contributed by atoms with van der Waals surface area (Å²) in [5, 5.41) is 2.86. The van der Waals surface area contributed by atoms with Crippen LogP contribution in [0.5, 0.6) is 0 Å². The van der Waals surface area contributed by atoms with Crippen LogP contribution in [0.1, 0.15) is 47.2 Å². The van der Waals surface area contributed by atoms with Crippen molar-refractivity contribution in [3.63, 3.8) is 0 Å². The van der Waals surface area contributed by atoms with Gasteiger partial charge in [0, 0.05) is 24.0 Å². The molecule has 0 spiro atoms. The van der Waals surface area contributed by atoms with Gasteiger partial charge in [-0.2, -0.15) is 0 Å². The van der Waals surface area contributed by atoms with E-state index in [-0.39, 0.29) is 23.4 Å². The van der Waals surface area contributed by atoms with Crippen molar-refractivity contribution in [2.24, 2.45) is 0 Å². The van der Waals surface area contributed by atoms with Gasteiger partial charge >= 0.3 is 0 Å². The van der Waals surface area contributed by atoms with E-state index in [0.717, 1.165) is 17.0 Å². The maximum Gasteiger partial charge on any atom is 0.253 e. The summed E-state index contributed by atoms with van der Waals surface area (Å²) in [5.74, 6) is -0.165. The Bertz CT molecular complexity index is 883. The largest absolute Gasteiger partial charge is 0.348 e. The lowest BCUT2D eigenvalue weighted by Crippen LogP contribution is -2.24. The molecule has 0 saturated heterocycles. The van der Waals surface area contributed by atoms with Crippen LogP contribution in [-0.4, -0.2) is 25.9 Å². The average molecular weight is 363 g/mol. The van der Waals surface area contributed by atoms with Gasteiger partial charge in [0.05, 0.1) is 10.5 Å². The minimum atomic E-state index is -3.50. The smallest absolute Gasteiger partial charge is 0.253 e. The number of rotatable bonds is 6. The van der Waals surface area contributed by atoms with Crippen LogP contribution in [0.2, 0.25) is 0 Å². The third kappa shape index (κ3) is 4.11. The van der Waals surface area contributed by atoms with Crippen LogP contribution in [0.25, 0.3) is 0 Å². The van der Waals surface area contributed by atoms with E-state index in [4.69, 9.17) is 0 Å². The van der Waals surface area contributed by atoms with Crippen molar-refractivity contribution in [1.29, 1.82) is 0 Å². The number of carbonyl (C=O) groups excluding carboxylic acids is 1. The zero-order chi connectivity index (χ0) is 18.8. The number of carbonyl (C=O) groups is 1.